The number of rotatable bonds is 9. The van der Waals surface area contributed by atoms with Crippen molar-refractivity contribution in [2.75, 3.05) is 7.11 Å². The molecule has 3 aromatic carbocycles. The number of fused-ring (bicyclic) bond motifs is 1. The van der Waals surface area contributed by atoms with Crippen molar-refractivity contribution < 1.29 is 13.9 Å². The molecule has 0 amide bonds. The molecule has 200 valence electrons. The Bertz CT molecular complexity index is 1570. The van der Waals surface area contributed by atoms with Gasteiger partial charge in [-0.25, -0.2) is 9.37 Å². The molecule has 1 heterocycles. The molecule has 1 fully saturated rings. The predicted molar refractivity (Wildman–Crippen MR) is 152 cm³/mol. The van der Waals surface area contributed by atoms with Crippen LogP contribution in [0.5, 0.6) is 11.5 Å². The lowest BCUT2D eigenvalue weighted by molar-refractivity contribution is 0.281. The van der Waals surface area contributed by atoms with Crippen molar-refractivity contribution in [1.29, 1.82) is 0 Å². The summed E-state index contributed by atoms with van der Waals surface area (Å²) < 4.78 is 26.9. The maximum absolute atomic E-state index is 13.6. The van der Waals surface area contributed by atoms with E-state index < -0.39 is 0 Å². The van der Waals surface area contributed by atoms with Crippen molar-refractivity contribution in [3.05, 3.63) is 112 Å². The first kappa shape index (κ1) is 26.4. The molecule has 0 spiro atoms. The van der Waals surface area contributed by atoms with Crippen LogP contribution >= 0.6 is 0 Å². The predicted octanol–water partition coefficient (Wildman–Crippen LogP) is 6.78. The minimum absolute atomic E-state index is 0.175. The third-order valence-electron chi connectivity index (χ3n) is 7.08. The largest absolute Gasteiger partial charge is 0.493 e. The van der Waals surface area contributed by atoms with Gasteiger partial charge in [0.2, 0.25) is 0 Å². The summed E-state index contributed by atoms with van der Waals surface area (Å²) in [5.41, 5.74) is 2.83. The summed E-state index contributed by atoms with van der Waals surface area (Å²) in [5, 5.41) is 5.21. The molecule has 5 rings (SSSR count). The van der Waals surface area contributed by atoms with Crippen LogP contribution in [0.3, 0.4) is 0 Å². The van der Waals surface area contributed by atoms with Gasteiger partial charge in [0.1, 0.15) is 18.2 Å². The van der Waals surface area contributed by atoms with Gasteiger partial charge in [-0.2, -0.15) is 9.78 Å². The molecule has 1 aliphatic rings. The summed E-state index contributed by atoms with van der Waals surface area (Å²) in [6.45, 7) is 4.07. The monoisotopic (exact) mass is 525 g/mol. The summed E-state index contributed by atoms with van der Waals surface area (Å²) in [6.07, 6.45) is 9.41. The smallest absolute Gasteiger partial charge is 0.282 e. The lowest BCUT2D eigenvalue weighted by Gasteiger charge is -2.22. The van der Waals surface area contributed by atoms with Crippen LogP contribution in [0.15, 0.2) is 83.2 Å². The fraction of sp³-hybridized carbons (Fsp3) is 0.281. The highest BCUT2D eigenvalue weighted by Crippen LogP contribution is 2.34. The average molecular weight is 526 g/mol. The van der Waals surface area contributed by atoms with E-state index in [1.807, 2.05) is 36.4 Å². The Labute approximate surface area is 227 Å². The Hall–Kier alpha value is -4.26. The highest BCUT2D eigenvalue weighted by atomic mass is 19.1. The number of hydrogen-bond donors (Lipinski definition) is 0. The van der Waals surface area contributed by atoms with Crippen LogP contribution in [0.25, 0.3) is 10.9 Å². The third-order valence-corrected chi connectivity index (χ3v) is 7.08. The van der Waals surface area contributed by atoms with Gasteiger partial charge in [-0.15, -0.1) is 6.58 Å². The normalized spacial score (nSPS) is 14.1. The van der Waals surface area contributed by atoms with Crippen molar-refractivity contribution in [3.63, 3.8) is 0 Å². The van der Waals surface area contributed by atoms with Gasteiger partial charge in [-0.05, 0) is 66.8 Å². The van der Waals surface area contributed by atoms with Gasteiger partial charge in [0.25, 0.3) is 5.56 Å². The zero-order chi connectivity index (χ0) is 27.2. The third kappa shape index (κ3) is 5.93. The van der Waals surface area contributed by atoms with Crippen LogP contribution in [0, 0.1) is 5.82 Å². The van der Waals surface area contributed by atoms with E-state index in [0.717, 1.165) is 36.8 Å². The van der Waals surface area contributed by atoms with Crippen molar-refractivity contribution >= 4 is 17.1 Å². The summed E-state index contributed by atoms with van der Waals surface area (Å²) in [6, 6.07) is 17.5. The Kier molecular flexibility index (Phi) is 8.16. The molecule has 0 saturated heterocycles. The van der Waals surface area contributed by atoms with E-state index in [4.69, 9.17) is 14.5 Å². The molecule has 39 heavy (non-hydrogen) atoms. The van der Waals surface area contributed by atoms with Gasteiger partial charge in [0.05, 0.1) is 24.2 Å². The first-order valence-corrected chi connectivity index (χ1v) is 13.3. The first-order chi connectivity index (χ1) is 19.1. The molecule has 0 N–H and O–H groups in total. The molecule has 0 radical (unpaired) electrons. The van der Waals surface area contributed by atoms with E-state index >= 15 is 0 Å². The minimum Gasteiger partial charge on any atom is -0.493 e. The molecule has 0 aliphatic heterocycles. The fourth-order valence-electron chi connectivity index (χ4n) is 5.16. The maximum Gasteiger partial charge on any atom is 0.282 e. The first-order valence-electron chi connectivity index (χ1n) is 13.3. The van der Waals surface area contributed by atoms with Crippen LogP contribution in [0.4, 0.5) is 4.39 Å². The number of methoxy groups -OCH3 is 1. The molecule has 0 unspecified atom stereocenters. The number of ether oxygens (including phenoxy) is 2. The molecular formula is C32H32FN3O3. The van der Waals surface area contributed by atoms with Gasteiger partial charge >= 0.3 is 0 Å². The van der Waals surface area contributed by atoms with Crippen LogP contribution in [-0.4, -0.2) is 23.0 Å². The molecule has 0 bridgehead atoms. The van der Waals surface area contributed by atoms with Crippen LogP contribution in [0.1, 0.15) is 60.5 Å². The van der Waals surface area contributed by atoms with Crippen molar-refractivity contribution in [3.8, 4) is 11.5 Å². The number of nitrogens with zero attached hydrogens (tertiary/aromatic N) is 3. The van der Waals surface area contributed by atoms with Gasteiger partial charge in [-0.3, -0.25) is 4.79 Å². The molecular weight excluding hydrogens is 493 g/mol. The minimum atomic E-state index is -0.313. The van der Waals surface area contributed by atoms with E-state index in [1.54, 1.807) is 31.5 Å². The number of aromatic nitrogens is 2. The second-order valence-electron chi connectivity index (χ2n) is 9.81. The lowest BCUT2D eigenvalue weighted by atomic mass is 9.88. The molecule has 1 aliphatic carbocycles. The molecule has 1 aromatic heterocycles. The molecule has 6 nitrogen and oxygen atoms in total. The highest BCUT2D eigenvalue weighted by Gasteiger charge is 2.22. The molecule has 7 heteroatoms. The Morgan fingerprint density at radius 3 is 2.69 bits per heavy atom. The average Bonchev–Trinajstić information content (AvgIpc) is 2.96. The molecule has 1 saturated carbocycles. The number of para-hydroxylation sites is 1. The van der Waals surface area contributed by atoms with Crippen LogP contribution in [-0.2, 0) is 13.0 Å². The number of halogens is 1. The zero-order valence-electron chi connectivity index (χ0n) is 22.1. The van der Waals surface area contributed by atoms with E-state index in [2.05, 4.69) is 11.7 Å². The van der Waals surface area contributed by atoms with Crippen LogP contribution < -0.4 is 15.0 Å². The van der Waals surface area contributed by atoms with E-state index in [1.165, 1.54) is 23.2 Å². The van der Waals surface area contributed by atoms with E-state index in [0.29, 0.717) is 40.2 Å². The Morgan fingerprint density at radius 2 is 1.92 bits per heavy atom. The quantitative estimate of drug-likeness (QED) is 0.178. The number of allylic oxidation sites excluding steroid dienone is 1. The van der Waals surface area contributed by atoms with Gasteiger partial charge < -0.3 is 9.47 Å². The summed E-state index contributed by atoms with van der Waals surface area (Å²) in [7, 11) is 1.57. The summed E-state index contributed by atoms with van der Waals surface area (Å²) in [4.78, 5) is 18.4. The van der Waals surface area contributed by atoms with E-state index in [-0.39, 0.29) is 23.9 Å². The standard InChI is InChI=1S/C32H32FN3O3/c1-3-10-25-17-23(19-29(38-2)30(25)39-21-22-11-9-14-26(33)18-22)20-34-36-31(24-12-5-4-6-13-24)35-28-16-8-7-15-27(28)32(36)37/h3,7-9,11,14-20,24H,1,4-6,10,12-13,21H2,2H3. The highest BCUT2D eigenvalue weighted by molar-refractivity contribution is 5.82. The van der Waals surface area contributed by atoms with Crippen LogP contribution in [0.2, 0.25) is 0 Å². The fourth-order valence-corrected chi connectivity index (χ4v) is 5.16. The van der Waals surface area contributed by atoms with Crippen molar-refractivity contribution in [2.24, 2.45) is 5.10 Å². The SMILES string of the molecule is C=CCc1cc(C=Nn2c(C3CCCCC3)nc3ccccc3c2=O)cc(OC)c1OCc1cccc(F)c1. The number of benzene rings is 3. The maximum atomic E-state index is 13.6. The van der Waals surface area contributed by atoms with Gasteiger partial charge in [0.15, 0.2) is 11.5 Å². The van der Waals surface area contributed by atoms with Crippen molar-refractivity contribution in [1.82, 2.24) is 9.66 Å². The number of hydrogen-bond acceptors (Lipinski definition) is 5. The van der Waals surface area contributed by atoms with E-state index in [9.17, 15) is 9.18 Å². The summed E-state index contributed by atoms with van der Waals surface area (Å²) in [5.74, 6) is 1.67. The van der Waals surface area contributed by atoms with Gasteiger partial charge in [-0.1, -0.05) is 49.6 Å². The lowest BCUT2D eigenvalue weighted by Crippen LogP contribution is -2.25. The van der Waals surface area contributed by atoms with Crippen molar-refractivity contribution in [2.45, 2.75) is 51.0 Å². The molecule has 0 atom stereocenters. The topological polar surface area (TPSA) is 65.7 Å². The second kappa shape index (κ2) is 12.1. The zero-order valence-corrected chi connectivity index (χ0v) is 22.1. The summed E-state index contributed by atoms with van der Waals surface area (Å²) >= 11 is 0. The Balaban J connectivity index is 1.52. The second-order valence-corrected chi connectivity index (χ2v) is 9.81. The molecule has 4 aromatic rings. The Morgan fingerprint density at radius 1 is 1.10 bits per heavy atom. The van der Waals surface area contributed by atoms with Gasteiger partial charge in [0, 0.05) is 11.5 Å².